The predicted molar refractivity (Wildman–Crippen MR) is 104 cm³/mol. The number of carbonyl (C=O) groups excluding carboxylic acids is 1. The third-order valence-electron chi connectivity index (χ3n) is 4.38. The van der Waals surface area contributed by atoms with Gasteiger partial charge in [-0.2, -0.15) is 0 Å². The van der Waals surface area contributed by atoms with Crippen molar-refractivity contribution in [1.82, 2.24) is 10.3 Å². The minimum atomic E-state index is -3.89. The molecule has 0 atom stereocenters. The summed E-state index contributed by atoms with van der Waals surface area (Å²) in [7, 11) is -3.89. The lowest BCUT2D eigenvalue weighted by atomic mass is 9.87. The van der Waals surface area contributed by atoms with Crippen LogP contribution >= 0.6 is 0 Å². The molecular weight excluding hydrogens is 364 g/mol. The first-order chi connectivity index (χ1) is 12.6. The maximum atomic E-state index is 12.4. The summed E-state index contributed by atoms with van der Waals surface area (Å²) >= 11 is 0. The van der Waals surface area contributed by atoms with Crippen LogP contribution in [0.15, 0.2) is 57.8 Å². The molecule has 1 aromatic heterocycles. The second kappa shape index (κ2) is 6.83. The van der Waals surface area contributed by atoms with Crippen LogP contribution in [0.25, 0.3) is 11.0 Å². The number of hydrazine groups is 1. The molecule has 7 heteroatoms. The SMILES string of the molecule is Cc1c(C(=O)NNS(=O)(=O)c2ccc(C(C)(C)C)cc2)oc2ccccc12. The van der Waals surface area contributed by atoms with E-state index >= 15 is 0 Å². The molecule has 1 heterocycles. The number of amides is 1. The Morgan fingerprint density at radius 3 is 2.22 bits per heavy atom. The molecule has 0 saturated heterocycles. The van der Waals surface area contributed by atoms with Gasteiger partial charge < -0.3 is 4.42 Å². The number of rotatable bonds is 4. The van der Waals surface area contributed by atoms with E-state index in [9.17, 15) is 13.2 Å². The van der Waals surface area contributed by atoms with E-state index in [4.69, 9.17) is 4.42 Å². The minimum absolute atomic E-state index is 0.0668. The lowest BCUT2D eigenvalue weighted by Crippen LogP contribution is -2.41. The second-order valence-electron chi connectivity index (χ2n) is 7.39. The summed E-state index contributed by atoms with van der Waals surface area (Å²) in [6, 6.07) is 13.8. The summed E-state index contributed by atoms with van der Waals surface area (Å²) in [4.78, 5) is 14.5. The normalized spacial score (nSPS) is 12.3. The zero-order valence-electron chi connectivity index (χ0n) is 15.7. The third-order valence-corrected chi connectivity index (χ3v) is 5.64. The van der Waals surface area contributed by atoms with Gasteiger partial charge in [-0.1, -0.05) is 51.1 Å². The van der Waals surface area contributed by atoms with Crippen molar-refractivity contribution in [2.75, 3.05) is 0 Å². The zero-order valence-corrected chi connectivity index (χ0v) is 16.5. The highest BCUT2D eigenvalue weighted by molar-refractivity contribution is 7.89. The first-order valence-electron chi connectivity index (χ1n) is 8.50. The maximum absolute atomic E-state index is 12.4. The topological polar surface area (TPSA) is 88.4 Å². The molecule has 2 N–H and O–H groups in total. The van der Waals surface area contributed by atoms with Gasteiger partial charge in [0.15, 0.2) is 5.76 Å². The molecule has 0 bridgehead atoms. The van der Waals surface area contributed by atoms with Gasteiger partial charge >= 0.3 is 5.91 Å². The van der Waals surface area contributed by atoms with Crippen LogP contribution in [0.3, 0.4) is 0 Å². The fourth-order valence-electron chi connectivity index (χ4n) is 2.75. The number of sulfonamides is 1. The van der Waals surface area contributed by atoms with Gasteiger partial charge in [0, 0.05) is 10.9 Å². The number of hydrogen-bond donors (Lipinski definition) is 2. The van der Waals surface area contributed by atoms with Crippen molar-refractivity contribution >= 4 is 26.9 Å². The molecule has 0 unspecified atom stereocenters. The fourth-order valence-corrected chi connectivity index (χ4v) is 3.59. The van der Waals surface area contributed by atoms with Gasteiger partial charge in [-0.15, -0.1) is 4.83 Å². The van der Waals surface area contributed by atoms with Crippen molar-refractivity contribution in [2.45, 2.75) is 38.0 Å². The molecule has 0 aliphatic heterocycles. The Kier molecular flexibility index (Phi) is 4.84. The largest absolute Gasteiger partial charge is 0.451 e. The molecule has 6 nitrogen and oxygen atoms in total. The first kappa shape index (κ1) is 19.1. The summed E-state index contributed by atoms with van der Waals surface area (Å²) in [6.45, 7) is 7.89. The van der Waals surface area contributed by atoms with Gasteiger partial charge in [0.25, 0.3) is 10.0 Å². The Hall–Kier alpha value is -2.64. The van der Waals surface area contributed by atoms with Crippen molar-refractivity contribution in [3.8, 4) is 0 Å². The Morgan fingerprint density at radius 1 is 1.00 bits per heavy atom. The number of fused-ring (bicyclic) bond motifs is 1. The molecule has 0 radical (unpaired) electrons. The molecule has 0 spiro atoms. The van der Waals surface area contributed by atoms with E-state index in [1.807, 2.05) is 32.9 Å². The monoisotopic (exact) mass is 386 g/mol. The van der Waals surface area contributed by atoms with Crippen LogP contribution in [-0.2, 0) is 15.4 Å². The molecule has 0 fully saturated rings. The summed E-state index contributed by atoms with van der Waals surface area (Å²) in [5.41, 5.74) is 4.37. The average Bonchev–Trinajstić information content (AvgIpc) is 2.96. The van der Waals surface area contributed by atoms with Crippen LogP contribution < -0.4 is 10.3 Å². The minimum Gasteiger partial charge on any atom is -0.451 e. The van der Waals surface area contributed by atoms with Gasteiger partial charge in [-0.3, -0.25) is 10.2 Å². The smallest absolute Gasteiger partial charge is 0.302 e. The van der Waals surface area contributed by atoms with Crippen molar-refractivity contribution in [2.24, 2.45) is 0 Å². The van der Waals surface area contributed by atoms with E-state index in [1.54, 1.807) is 31.2 Å². The molecule has 27 heavy (non-hydrogen) atoms. The molecular formula is C20H22N2O4S. The molecule has 0 aliphatic rings. The van der Waals surface area contributed by atoms with Crippen molar-refractivity contribution < 1.29 is 17.6 Å². The van der Waals surface area contributed by atoms with Gasteiger partial charge in [0.1, 0.15) is 5.58 Å². The van der Waals surface area contributed by atoms with E-state index in [0.717, 1.165) is 10.9 Å². The number of para-hydroxylation sites is 1. The predicted octanol–water partition coefficient (Wildman–Crippen LogP) is 3.66. The first-order valence-corrected chi connectivity index (χ1v) is 9.99. The van der Waals surface area contributed by atoms with Crippen LogP contribution in [0.2, 0.25) is 0 Å². The van der Waals surface area contributed by atoms with Crippen LogP contribution in [0.5, 0.6) is 0 Å². The lowest BCUT2D eigenvalue weighted by Gasteiger charge is -2.19. The maximum Gasteiger partial charge on any atom is 0.302 e. The highest BCUT2D eigenvalue weighted by atomic mass is 32.2. The number of carbonyl (C=O) groups is 1. The Morgan fingerprint density at radius 2 is 1.63 bits per heavy atom. The Labute approximate surface area is 158 Å². The van der Waals surface area contributed by atoms with Gasteiger partial charge in [-0.25, -0.2) is 8.42 Å². The quantitative estimate of drug-likeness (QED) is 0.670. The van der Waals surface area contributed by atoms with Gasteiger partial charge in [0.05, 0.1) is 4.90 Å². The van der Waals surface area contributed by atoms with Crippen LogP contribution in [0.1, 0.15) is 42.5 Å². The standard InChI is InChI=1S/C20H22N2O4S/c1-13-16-7-5-6-8-17(16)26-18(13)19(23)21-22-27(24,25)15-11-9-14(10-12-15)20(2,3)4/h5-12,22H,1-4H3,(H,21,23). The molecule has 142 valence electrons. The fraction of sp³-hybridized carbons (Fsp3) is 0.250. The Bertz CT molecular complexity index is 1090. The molecule has 2 aromatic carbocycles. The van der Waals surface area contributed by atoms with E-state index in [0.29, 0.717) is 11.1 Å². The van der Waals surface area contributed by atoms with Crippen molar-refractivity contribution in [3.63, 3.8) is 0 Å². The molecule has 0 aliphatic carbocycles. The van der Waals surface area contributed by atoms with E-state index in [1.165, 1.54) is 12.1 Å². The molecule has 3 aromatic rings. The number of hydrogen-bond acceptors (Lipinski definition) is 4. The van der Waals surface area contributed by atoms with Gasteiger partial charge in [-0.05, 0) is 36.1 Å². The summed E-state index contributed by atoms with van der Waals surface area (Å²) in [5.74, 6) is -0.583. The lowest BCUT2D eigenvalue weighted by molar-refractivity contribution is 0.0918. The van der Waals surface area contributed by atoms with Crippen LogP contribution in [0.4, 0.5) is 0 Å². The number of furan rings is 1. The van der Waals surface area contributed by atoms with Crippen molar-refractivity contribution in [1.29, 1.82) is 0 Å². The van der Waals surface area contributed by atoms with Crippen molar-refractivity contribution in [3.05, 3.63) is 65.4 Å². The van der Waals surface area contributed by atoms with Crippen LogP contribution in [0, 0.1) is 6.92 Å². The molecule has 1 amide bonds. The number of benzene rings is 2. The second-order valence-corrected chi connectivity index (χ2v) is 9.07. The highest BCUT2D eigenvalue weighted by Crippen LogP contribution is 2.25. The molecule has 3 rings (SSSR count). The summed E-state index contributed by atoms with van der Waals surface area (Å²) in [6.07, 6.45) is 0. The summed E-state index contributed by atoms with van der Waals surface area (Å²) in [5, 5.41) is 0.809. The van der Waals surface area contributed by atoms with E-state index in [2.05, 4.69) is 10.3 Å². The average molecular weight is 386 g/mol. The van der Waals surface area contributed by atoms with Gasteiger partial charge in [0.2, 0.25) is 0 Å². The zero-order chi connectivity index (χ0) is 19.8. The van der Waals surface area contributed by atoms with E-state index < -0.39 is 15.9 Å². The van der Waals surface area contributed by atoms with E-state index in [-0.39, 0.29) is 16.1 Å². The Balaban J connectivity index is 1.76. The number of nitrogens with one attached hydrogen (secondary N) is 2. The third kappa shape index (κ3) is 3.89. The number of aryl methyl sites for hydroxylation is 1. The molecule has 0 saturated carbocycles. The van der Waals surface area contributed by atoms with Crippen LogP contribution in [-0.4, -0.2) is 14.3 Å². The highest BCUT2D eigenvalue weighted by Gasteiger charge is 2.21. The summed E-state index contributed by atoms with van der Waals surface area (Å²) < 4.78 is 30.4.